The van der Waals surface area contributed by atoms with Crippen molar-refractivity contribution in [1.29, 1.82) is 0 Å². The molecule has 3 rings (SSSR count). The Morgan fingerprint density at radius 1 is 1.12 bits per heavy atom. The molecule has 0 radical (unpaired) electrons. The van der Waals surface area contributed by atoms with E-state index in [-0.39, 0.29) is 24.0 Å². The van der Waals surface area contributed by atoms with E-state index in [1.807, 2.05) is 67.7 Å². The maximum atomic E-state index is 5.93. The summed E-state index contributed by atoms with van der Waals surface area (Å²) in [4.78, 5) is 4.33. The van der Waals surface area contributed by atoms with Crippen molar-refractivity contribution in [3.63, 3.8) is 0 Å². The number of guanidine groups is 1. The Balaban J connectivity index is 0.00000243. The summed E-state index contributed by atoms with van der Waals surface area (Å²) in [7, 11) is 1.65. The number of halogens is 1. The van der Waals surface area contributed by atoms with Gasteiger partial charge < -0.3 is 15.8 Å². The van der Waals surface area contributed by atoms with Crippen molar-refractivity contribution in [1.82, 2.24) is 9.78 Å². The molecule has 1 heterocycles. The van der Waals surface area contributed by atoms with E-state index in [1.165, 1.54) is 5.56 Å². The van der Waals surface area contributed by atoms with Gasteiger partial charge in [0.05, 0.1) is 25.0 Å². The summed E-state index contributed by atoms with van der Waals surface area (Å²) in [5.41, 5.74) is 9.84. The molecule has 0 spiro atoms. The monoisotopic (exact) mass is 463 g/mol. The van der Waals surface area contributed by atoms with Crippen LogP contribution in [-0.2, 0) is 6.54 Å². The minimum Gasteiger partial charge on any atom is -0.497 e. The number of nitrogens with one attached hydrogen (secondary N) is 1. The second-order valence-electron chi connectivity index (χ2n) is 5.64. The van der Waals surface area contributed by atoms with Gasteiger partial charge in [0.15, 0.2) is 5.96 Å². The van der Waals surface area contributed by atoms with Crippen molar-refractivity contribution in [2.45, 2.75) is 13.5 Å². The Morgan fingerprint density at radius 3 is 2.46 bits per heavy atom. The minimum atomic E-state index is 0. The lowest BCUT2D eigenvalue weighted by molar-refractivity contribution is 0.414. The van der Waals surface area contributed by atoms with Crippen molar-refractivity contribution in [3.05, 3.63) is 72.1 Å². The Kier molecular flexibility index (Phi) is 7.02. The van der Waals surface area contributed by atoms with Crippen LogP contribution in [0.3, 0.4) is 0 Å². The molecule has 0 aliphatic rings. The van der Waals surface area contributed by atoms with Gasteiger partial charge >= 0.3 is 0 Å². The molecule has 0 unspecified atom stereocenters. The topological polar surface area (TPSA) is 77.5 Å². The Labute approximate surface area is 170 Å². The standard InChI is InChI=1S/C19H21N5O.HI/c1-14-3-5-15(6-4-14)22-19(20)21-13-16-11-12-24(23-16)17-7-9-18(25-2)10-8-17;/h3-12H,13H2,1-2H3,(H3,20,21,22);1H. The molecule has 136 valence electrons. The fourth-order valence-corrected chi connectivity index (χ4v) is 2.32. The molecule has 3 N–H and O–H groups in total. The summed E-state index contributed by atoms with van der Waals surface area (Å²) in [6.45, 7) is 2.45. The number of benzene rings is 2. The number of aliphatic imine (C=N–C) groups is 1. The van der Waals surface area contributed by atoms with Gasteiger partial charge in [0, 0.05) is 11.9 Å². The van der Waals surface area contributed by atoms with E-state index in [2.05, 4.69) is 15.4 Å². The van der Waals surface area contributed by atoms with Gasteiger partial charge in [0.1, 0.15) is 5.75 Å². The molecule has 3 aromatic rings. The first kappa shape index (κ1) is 19.8. The van der Waals surface area contributed by atoms with Crippen LogP contribution in [-0.4, -0.2) is 22.8 Å². The van der Waals surface area contributed by atoms with E-state index in [4.69, 9.17) is 10.5 Å². The smallest absolute Gasteiger partial charge is 0.193 e. The molecule has 0 aliphatic heterocycles. The molecule has 0 aliphatic carbocycles. The quantitative estimate of drug-likeness (QED) is 0.344. The zero-order valence-corrected chi connectivity index (χ0v) is 17.0. The fraction of sp³-hybridized carbons (Fsp3) is 0.158. The predicted molar refractivity (Wildman–Crippen MR) is 116 cm³/mol. The second-order valence-corrected chi connectivity index (χ2v) is 5.64. The molecule has 0 saturated carbocycles. The second kappa shape index (κ2) is 9.23. The first-order valence-corrected chi connectivity index (χ1v) is 7.96. The van der Waals surface area contributed by atoms with Crippen LogP contribution in [0.1, 0.15) is 11.3 Å². The van der Waals surface area contributed by atoms with Crippen molar-refractivity contribution in [3.8, 4) is 11.4 Å². The van der Waals surface area contributed by atoms with Gasteiger partial charge in [-0.2, -0.15) is 5.10 Å². The molecule has 0 amide bonds. The van der Waals surface area contributed by atoms with Crippen molar-refractivity contribution in [2.75, 3.05) is 12.4 Å². The molecule has 7 heteroatoms. The molecule has 0 fully saturated rings. The average molecular weight is 463 g/mol. The summed E-state index contributed by atoms with van der Waals surface area (Å²) in [6.07, 6.45) is 1.90. The Hall–Kier alpha value is -2.55. The Morgan fingerprint density at radius 2 is 1.81 bits per heavy atom. The zero-order valence-electron chi connectivity index (χ0n) is 14.7. The predicted octanol–water partition coefficient (Wildman–Crippen LogP) is 3.73. The number of aromatic nitrogens is 2. The lowest BCUT2D eigenvalue weighted by atomic mass is 10.2. The highest BCUT2D eigenvalue weighted by Crippen LogP contribution is 2.14. The number of nitrogens with two attached hydrogens (primary N) is 1. The highest BCUT2D eigenvalue weighted by Gasteiger charge is 2.02. The molecule has 0 bridgehead atoms. The number of hydrogen-bond acceptors (Lipinski definition) is 3. The van der Waals surface area contributed by atoms with Gasteiger partial charge in [-0.3, -0.25) is 0 Å². The summed E-state index contributed by atoms with van der Waals surface area (Å²) < 4.78 is 6.96. The molecule has 0 atom stereocenters. The summed E-state index contributed by atoms with van der Waals surface area (Å²) in [6, 6.07) is 17.6. The van der Waals surface area contributed by atoms with Crippen LogP contribution in [0.15, 0.2) is 65.8 Å². The van der Waals surface area contributed by atoms with Crippen molar-refractivity contribution in [2.24, 2.45) is 10.7 Å². The van der Waals surface area contributed by atoms with Crippen LogP contribution < -0.4 is 15.8 Å². The summed E-state index contributed by atoms with van der Waals surface area (Å²) in [5.74, 6) is 1.18. The number of aryl methyl sites for hydroxylation is 1. The van der Waals surface area contributed by atoms with Crippen LogP contribution >= 0.6 is 24.0 Å². The number of rotatable bonds is 5. The normalized spacial score (nSPS) is 10.9. The van der Waals surface area contributed by atoms with E-state index in [0.717, 1.165) is 22.8 Å². The van der Waals surface area contributed by atoms with Crippen LogP contribution in [0.25, 0.3) is 5.69 Å². The maximum Gasteiger partial charge on any atom is 0.193 e. The van der Waals surface area contributed by atoms with Crippen molar-refractivity contribution >= 4 is 35.6 Å². The number of methoxy groups -OCH3 is 1. The summed E-state index contributed by atoms with van der Waals surface area (Å²) >= 11 is 0. The van der Waals surface area contributed by atoms with Gasteiger partial charge in [0.25, 0.3) is 0 Å². The highest BCUT2D eigenvalue weighted by molar-refractivity contribution is 14.0. The molecule has 0 saturated heterocycles. The van der Waals surface area contributed by atoms with Gasteiger partial charge in [-0.15, -0.1) is 24.0 Å². The largest absolute Gasteiger partial charge is 0.497 e. The third-order valence-corrected chi connectivity index (χ3v) is 3.72. The van der Waals surface area contributed by atoms with Gasteiger partial charge in [-0.1, -0.05) is 17.7 Å². The first-order chi connectivity index (χ1) is 12.1. The number of ether oxygens (including phenoxy) is 1. The maximum absolute atomic E-state index is 5.93. The number of hydrogen-bond donors (Lipinski definition) is 2. The minimum absolute atomic E-state index is 0. The molecule has 1 aromatic heterocycles. The third kappa shape index (κ3) is 5.22. The molecule has 26 heavy (non-hydrogen) atoms. The van der Waals surface area contributed by atoms with E-state index < -0.39 is 0 Å². The number of nitrogens with zero attached hydrogens (tertiary/aromatic N) is 3. The zero-order chi connectivity index (χ0) is 17.6. The third-order valence-electron chi connectivity index (χ3n) is 3.72. The first-order valence-electron chi connectivity index (χ1n) is 7.96. The van der Waals surface area contributed by atoms with Crippen LogP contribution in [0, 0.1) is 6.92 Å². The fourth-order valence-electron chi connectivity index (χ4n) is 2.32. The van der Waals surface area contributed by atoms with Crippen LogP contribution in [0.2, 0.25) is 0 Å². The van der Waals surface area contributed by atoms with E-state index in [9.17, 15) is 0 Å². The molecular formula is C19H22IN5O. The van der Waals surface area contributed by atoms with E-state index >= 15 is 0 Å². The Bertz CT molecular complexity index is 856. The van der Waals surface area contributed by atoms with Crippen LogP contribution in [0.5, 0.6) is 5.75 Å². The van der Waals surface area contributed by atoms with Crippen LogP contribution in [0.4, 0.5) is 5.69 Å². The van der Waals surface area contributed by atoms with Gasteiger partial charge in [0.2, 0.25) is 0 Å². The van der Waals surface area contributed by atoms with E-state index in [0.29, 0.717) is 12.5 Å². The van der Waals surface area contributed by atoms with Gasteiger partial charge in [-0.05, 0) is 49.4 Å². The SMILES string of the molecule is COc1ccc(-n2ccc(CN=C(N)Nc3ccc(C)cc3)n2)cc1.I. The molecular weight excluding hydrogens is 441 g/mol. The highest BCUT2D eigenvalue weighted by atomic mass is 127. The van der Waals surface area contributed by atoms with E-state index in [1.54, 1.807) is 11.8 Å². The number of anilines is 1. The average Bonchev–Trinajstić information content (AvgIpc) is 3.11. The lowest BCUT2D eigenvalue weighted by Gasteiger charge is -2.05. The molecule has 6 nitrogen and oxygen atoms in total. The summed E-state index contributed by atoms with van der Waals surface area (Å²) in [5, 5.41) is 7.58. The molecule has 2 aromatic carbocycles. The van der Waals surface area contributed by atoms with Gasteiger partial charge in [-0.25, -0.2) is 9.67 Å². The van der Waals surface area contributed by atoms with Crippen molar-refractivity contribution < 1.29 is 4.74 Å². The lowest BCUT2D eigenvalue weighted by Crippen LogP contribution is -2.22.